The topological polar surface area (TPSA) is 26.3 Å². The second-order valence-electron chi connectivity index (χ2n) is 4.25. The largest absolute Gasteiger partial charge is 0.489 e. The SMILES string of the molecule is O=CCCc1cc(F)cc(Br)c1OC1CCC1. The van der Waals surface area contributed by atoms with Crippen LogP contribution in [-0.2, 0) is 11.2 Å². The maximum Gasteiger partial charge on any atom is 0.137 e. The van der Waals surface area contributed by atoms with E-state index >= 15 is 0 Å². The van der Waals surface area contributed by atoms with E-state index in [2.05, 4.69) is 15.9 Å². The van der Waals surface area contributed by atoms with E-state index in [4.69, 9.17) is 4.74 Å². The Bertz CT molecular complexity index is 416. The van der Waals surface area contributed by atoms with Crippen molar-refractivity contribution in [3.05, 3.63) is 28.0 Å². The Kier molecular flexibility index (Phi) is 4.15. The summed E-state index contributed by atoms with van der Waals surface area (Å²) in [7, 11) is 0. The predicted octanol–water partition coefficient (Wildman–Crippen LogP) is 3.65. The van der Waals surface area contributed by atoms with Gasteiger partial charge in [0.05, 0.1) is 10.6 Å². The molecular weight excluding hydrogens is 287 g/mol. The maximum absolute atomic E-state index is 13.3. The van der Waals surface area contributed by atoms with Crippen molar-refractivity contribution >= 4 is 22.2 Å². The monoisotopic (exact) mass is 300 g/mol. The Labute approximate surface area is 108 Å². The van der Waals surface area contributed by atoms with Crippen LogP contribution in [0.15, 0.2) is 16.6 Å². The Morgan fingerprint density at radius 3 is 2.82 bits per heavy atom. The number of aryl methyl sites for hydroxylation is 1. The Hall–Kier alpha value is -0.900. The highest BCUT2D eigenvalue weighted by atomic mass is 79.9. The van der Waals surface area contributed by atoms with Crippen molar-refractivity contribution < 1.29 is 13.9 Å². The van der Waals surface area contributed by atoms with Gasteiger partial charge in [0.25, 0.3) is 0 Å². The quantitative estimate of drug-likeness (QED) is 0.776. The van der Waals surface area contributed by atoms with Crippen molar-refractivity contribution in [1.29, 1.82) is 0 Å². The molecule has 1 aromatic carbocycles. The van der Waals surface area contributed by atoms with Crippen molar-refractivity contribution in [3.63, 3.8) is 0 Å². The van der Waals surface area contributed by atoms with Crippen LogP contribution in [0.2, 0.25) is 0 Å². The van der Waals surface area contributed by atoms with E-state index in [-0.39, 0.29) is 11.9 Å². The number of carbonyl (C=O) groups is 1. The summed E-state index contributed by atoms with van der Waals surface area (Å²) in [6.07, 6.45) is 5.28. The minimum absolute atomic E-state index is 0.242. The van der Waals surface area contributed by atoms with Gasteiger partial charge in [-0.05, 0) is 59.3 Å². The average Bonchev–Trinajstić information content (AvgIpc) is 2.22. The molecule has 0 N–H and O–H groups in total. The second-order valence-corrected chi connectivity index (χ2v) is 5.11. The van der Waals surface area contributed by atoms with Crippen LogP contribution in [0, 0.1) is 5.82 Å². The molecule has 0 bridgehead atoms. The van der Waals surface area contributed by atoms with Gasteiger partial charge in [0.15, 0.2) is 0 Å². The minimum atomic E-state index is -0.307. The molecule has 0 spiro atoms. The molecule has 1 aliphatic carbocycles. The second kappa shape index (κ2) is 5.63. The van der Waals surface area contributed by atoms with E-state index in [0.29, 0.717) is 23.1 Å². The fourth-order valence-corrected chi connectivity index (χ4v) is 2.37. The summed E-state index contributed by atoms with van der Waals surface area (Å²) >= 11 is 3.32. The first-order chi connectivity index (χ1) is 8.20. The van der Waals surface area contributed by atoms with E-state index in [9.17, 15) is 9.18 Å². The molecule has 0 saturated heterocycles. The molecule has 0 aliphatic heterocycles. The molecular formula is C13H14BrFO2. The fraction of sp³-hybridized carbons (Fsp3) is 0.462. The standard InChI is InChI=1S/C13H14BrFO2/c14-12-8-10(15)7-9(3-2-6-16)13(12)17-11-4-1-5-11/h6-8,11H,1-5H2. The van der Waals surface area contributed by atoms with E-state index in [1.807, 2.05) is 0 Å². The van der Waals surface area contributed by atoms with Crippen molar-refractivity contribution in [3.8, 4) is 5.75 Å². The highest BCUT2D eigenvalue weighted by Gasteiger charge is 2.22. The van der Waals surface area contributed by atoms with Crippen molar-refractivity contribution in [1.82, 2.24) is 0 Å². The molecule has 2 nitrogen and oxygen atoms in total. The highest BCUT2D eigenvalue weighted by molar-refractivity contribution is 9.10. The molecule has 92 valence electrons. The van der Waals surface area contributed by atoms with Crippen LogP contribution in [0.5, 0.6) is 5.75 Å². The number of carbonyl (C=O) groups excluding carboxylic acids is 1. The summed E-state index contributed by atoms with van der Waals surface area (Å²) in [5, 5.41) is 0. The molecule has 1 saturated carbocycles. The molecule has 4 heteroatoms. The molecule has 1 aromatic rings. The number of rotatable bonds is 5. The van der Waals surface area contributed by atoms with Crippen LogP contribution in [-0.4, -0.2) is 12.4 Å². The Morgan fingerprint density at radius 1 is 1.47 bits per heavy atom. The lowest BCUT2D eigenvalue weighted by atomic mass is 9.96. The highest BCUT2D eigenvalue weighted by Crippen LogP contribution is 2.35. The van der Waals surface area contributed by atoms with Gasteiger partial charge in [-0.15, -0.1) is 0 Å². The van der Waals surface area contributed by atoms with Crippen LogP contribution in [0.3, 0.4) is 0 Å². The summed E-state index contributed by atoms with van der Waals surface area (Å²) < 4.78 is 19.8. The van der Waals surface area contributed by atoms with Gasteiger partial charge >= 0.3 is 0 Å². The summed E-state index contributed by atoms with van der Waals surface area (Å²) in [6, 6.07) is 2.85. The number of hydrogen-bond acceptors (Lipinski definition) is 2. The Balaban J connectivity index is 2.21. The average molecular weight is 301 g/mol. The molecule has 0 aromatic heterocycles. The zero-order valence-corrected chi connectivity index (χ0v) is 11.0. The lowest BCUT2D eigenvalue weighted by Gasteiger charge is -2.28. The van der Waals surface area contributed by atoms with Gasteiger partial charge in [-0.2, -0.15) is 0 Å². The summed E-state index contributed by atoms with van der Waals surface area (Å²) in [4.78, 5) is 10.4. The lowest BCUT2D eigenvalue weighted by Crippen LogP contribution is -2.25. The molecule has 0 amide bonds. The zero-order chi connectivity index (χ0) is 12.3. The first kappa shape index (κ1) is 12.6. The fourth-order valence-electron chi connectivity index (χ4n) is 1.80. The maximum atomic E-state index is 13.3. The van der Waals surface area contributed by atoms with E-state index in [1.165, 1.54) is 18.6 Å². The molecule has 0 heterocycles. The first-order valence-electron chi connectivity index (χ1n) is 5.79. The third-order valence-corrected chi connectivity index (χ3v) is 3.54. The van der Waals surface area contributed by atoms with E-state index in [0.717, 1.165) is 24.7 Å². The summed E-state index contributed by atoms with van der Waals surface area (Å²) in [5.41, 5.74) is 0.760. The van der Waals surface area contributed by atoms with E-state index in [1.54, 1.807) is 0 Å². The van der Waals surface area contributed by atoms with Crippen molar-refractivity contribution in [2.24, 2.45) is 0 Å². The third-order valence-electron chi connectivity index (χ3n) is 2.95. The van der Waals surface area contributed by atoms with Gasteiger partial charge in [-0.1, -0.05) is 0 Å². The van der Waals surface area contributed by atoms with Crippen molar-refractivity contribution in [2.45, 2.75) is 38.2 Å². The van der Waals surface area contributed by atoms with Crippen LogP contribution >= 0.6 is 15.9 Å². The first-order valence-corrected chi connectivity index (χ1v) is 6.58. The van der Waals surface area contributed by atoms with Crippen molar-refractivity contribution in [2.75, 3.05) is 0 Å². The van der Waals surface area contributed by atoms with Crippen LogP contribution in [0.1, 0.15) is 31.2 Å². The van der Waals surface area contributed by atoms with Crippen LogP contribution in [0.25, 0.3) is 0 Å². The lowest BCUT2D eigenvalue weighted by molar-refractivity contribution is -0.107. The zero-order valence-electron chi connectivity index (χ0n) is 9.42. The molecule has 0 atom stereocenters. The molecule has 0 radical (unpaired) electrons. The third kappa shape index (κ3) is 3.06. The molecule has 0 unspecified atom stereocenters. The van der Waals surface area contributed by atoms with Gasteiger partial charge in [-0.25, -0.2) is 4.39 Å². The van der Waals surface area contributed by atoms with Crippen LogP contribution in [0.4, 0.5) is 4.39 Å². The van der Waals surface area contributed by atoms with Gasteiger partial charge in [0, 0.05) is 6.42 Å². The molecule has 1 aliphatic rings. The molecule has 17 heavy (non-hydrogen) atoms. The summed E-state index contributed by atoms with van der Waals surface area (Å²) in [5.74, 6) is 0.386. The number of halogens is 2. The van der Waals surface area contributed by atoms with Gasteiger partial charge in [0.1, 0.15) is 17.9 Å². The predicted molar refractivity (Wildman–Crippen MR) is 66.8 cm³/mol. The Morgan fingerprint density at radius 2 is 2.24 bits per heavy atom. The van der Waals surface area contributed by atoms with Crippen LogP contribution < -0.4 is 4.74 Å². The van der Waals surface area contributed by atoms with E-state index < -0.39 is 0 Å². The summed E-state index contributed by atoms with van der Waals surface area (Å²) in [6.45, 7) is 0. The number of benzene rings is 1. The minimum Gasteiger partial charge on any atom is -0.489 e. The number of ether oxygens (including phenoxy) is 1. The normalized spacial score (nSPS) is 15.4. The smallest absolute Gasteiger partial charge is 0.137 e. The van der Waals surface area contributed by atoms with Gasteiger partial charge in [-0.3, -0.25) is 0 Å². The number of hydrogen-bond donors (Lipinski definition) is 0. The molecule has 1 fully saturated rings. The van der Waals surface area contributed by atoms with Gasteiger partial charge in [0.2, 0.25) is 0 Å². The number of aldehydes is 1. The van der Waals surface area contributed by atoms with Gasteiger partial charge < -0.3 is 9.53 Å². The molecule has 2 rings (SSSR count).